The van der Waals surface area contributed by atoms with E-state index in [1.54, 1.807) is 11.3 Å². The molecule has 1 aromatic heterocycles. The molecule has 1 aliphatic heterocycles. The number of carbonyl (C=O) groups is 1. The first kappa shape index (κ1) is 13.9. The summed E-state index contributed by atoms with van der Waals surface area (Å²) in [5, 5.41) is 17.4. The Balaban J connectivity index is 1.60. The number of hydrogen-bond donors (Lipinski definition) is 2. The van der Waals surface area contributed by atoms with Gasteiger partial charge in [0.15, 0.2) is 0 Å². The molecule has 1 saturated heterocycles. The monoisotopic (exact) mass is 294 g/mol. The van der Waals surface area contributed by atoms with Crippen molar-refractivity contribution < 1.29 is 4.79 Å². The minimum Gasteiger partial charge on any atom is -0.349 e. The molecule has 2 heterocycles. The van der Waals surface area contributed by atoms with Crippen LogP contribution in [0.1, 0.15) is 61.9 Å². The van der Waals surface area contributed by atoms with Crippen molar-refractivity contribution in [1.82, 2.24) is 20.8 Å². The van der Waals surface area contributed by atoms with Crippen LogP contribution in [0.15, 0.2) is 0 Å². The van der Waals surface area contributed by atoms with Crippen LogP contribution >= 0.6 is 11.3 Å². The molecular formula is C14H22N4OS. The predicted octanol–water partition coefficient (Wildman–Crippen LogP) is 1.95. The first-order chi connectivity index (χ1) is 9.59. The molecule has 6 heteroatoms. The van der Waals surface area contributed by atoms with Crippen molar-refractivity contribution in [2.24, 2.45) is 0 Å². The average molecular weight is 294 g/mol. The summed E-state index contributed by atoms with van der Waals surface area (Å²) in [5.74, 6) is 0.647. The van der Waals surface area contributed by atoms with E-state index in [0.717, 1.165) is 35.8 Å². The largest absolute Gasteiger partial charge is 0.349 e. The van der Waals surface area contributed by atoms with E-state index in [0.29, 0.717) is 18.4 Å². The Bertz CT molecular complexity index is 495. The van der Waals surface area contributed by atoms with Crippen molar-refractivity contribution in [1.29, 1.82) is 0 Å². The number of piperidine rings is 1. The molecule has 2 fully saturated rings. The number of amides is 1. The van der Waals surface area contributed by atoms with Crippen LogP contribution in [0.3, 0.4) is 0 Å². The normalized spacial score (nSPS) is 24.8. The van der Waals surface area contributed by atoms with Gasteiger partial charge in [-0.1, -0.05) is 25.2 Å². The van der Waals surface area contributed by atoms with Gasteiger partial charge in [-0.3, -0.25) is 4.79 Å². The maximum absolute atomic E-state index is 11.6. The Hall–Kier alpha value is -1.01. The van der Waals surface area contributed by atoms with Gasteiger partial charge in [-0.05, 0) is 25.7 Å². The fourth-order valence-corrected chi connectivity index (χ4v) is 3.89. The van der Waals surface area contributed by atoms with Gasteiger partial charge in [-0.15, -0.1) is 10.2 Å². The van der Waals surface area contributed by atoms with Gasteiger partial charge >= 0.3 is 0 Å². The van der Waals surface area contributed by atoms with Crippen molar-refractivity contribution in [2.75, 3.05) is 0 Å². The Kier molecular flexibility index (Phi) is 3.77. The Morgan fingerprint density at radius 3 is 2.85 bits per heavy atom. The van der Waals surface area contributed by atoms with Gasteiger partial charge in [0, 0.05) is 18.4 Å². The van der Waals surface area contributed by atoms with Crippen LogP contribution in [0.2, 0.25) is 0 Å². The van der Waals surface area contributed by atoms with E-state index < -0.39 is 0 Å². The Morgan fingerprint density at radius 2 is 2.25 bits per heavy atom. The zero-order chi connectivity index (χ0) is 14.2. The summed E-state index contributed by atoms with van der Waals surface area (Å²) in [5.41, 5.74) is 0.0148. The molecule has 5 nitrogen and oxygen atoms in total. The maximum Gasteiger partial charge on any atom is 0.220 e. The van der Waals surface area contributed by atoms with E-state index in [2.05, 4.69) is 34.7 Å². The Labute approximate surface area is 123 Å². The molecule has 3 rings (SSSR count). The van der Waals surface area contributed by atoms with Gasteiger partial charge in [-0.2, -0.15) is 0 Å². The van der Waals surface area contributed by atoms with Crippen molar-refractivity contribution in [2.45, 2.75) is 70.0 Å². The zero-order valence-electron chi connectivity index (χ0n) is 12.1. The number of nitrogens with one attached hydrogen (secondary N) is 2. The second-order valence-electron chi connectivity index (χ2n) is 6.22. The number of rotatable bonds is 4. The molecule has 1 aliphatic carbocycles. The number of carbonyl (C=O) groups excluding carboxylic acids is 1. The van der Waals surface area contributed by atoms with Gasteiger partial charge < -0.3 is 10.6 Å². The molecule has 20 heavy (non-hydrogen) atoms. The van der Waals surface area contributed by atoms with E-state index in [9.17, 15) is 4.79 Å². The zero-order valence-corrected chi connectivity index (χ0v) is 12.9. The number of nitrogens with zero attached hydrogens (tertiary/aromatic N) is 2. The number of hydrogen-bond acceptors (Lipinski definition) is 5. The van der Waals surface area contributed by atoms with Crippen molar-refractivity contribution in [3.8, 4) is 0 Å². The SMILES string of the molecule is CC(C)c1nnc(CNC2CCC(=O)NC23CCC3)s1. The van der Waals surface area contributed by atoms with Crippen LogP contribution in [-0.4, -0.2) is 27.7 Å². The minimum atomic E-state index is 0.0148. The van der Waals surface area contributed by atoms with Crippen LogP contribution in [-0.2, 0) is 11.3 Å². The molecule has 110 valence electrons. The summed E-state index contributed by atoms with van der Waals surface area (Å²) in [6.45, 7) is 5.03. The molecule has 0 bridgehead atoms. The lowest BCUT2D eigenvalue weighted by Gasteiger charge is -2.51. The summed E-state index contributed by atoms with van der Waals surface area (Å²) in [6.07, 6.45) is 4.98. The van der Waals surface area contributed by atoms with Gasteiger partial charge in [-0.25, -0.2) is 0 Å². The molecule has 1 saturated carbocycles. The lowest BCUT2D eigenvalue weighted by atomic mass is 9.68. The minimum absolute atomic E-state index is 0.0148. The van der Waals surface area contributed by atoms with E-state index in [1.807, 2.05) is 0 Å². The fraction of sp³-hybridized carbons (Fsp3) is 0.786. The molecule has 0 radical (unpaired) electrons. The summed E-state index contributed by atoms with van der Waals surface area (Å²) in [7, 11) is 0. The van der Waals surface area contributed by atoms with E-state index in [4.69, 9.17) is 0 Å². The van der Waals surface area contributed by atoms with Gasteiger partial charge in [0.2, 0.25) is 5.91 Å². The van der Waals surface area contributed by atoms with Crippen molar-refractivity contribution in [3.05, 3.63) is 10.0 Å². The highest BCUT2D eigenvalue weighted by Gasteiger charge is 2.47. The van der Waals surface area contributed by atoms with Crippen LogP contribution in [0.25, 0.3) is 0 Å². The molecule has 1 aromatic rings. The maximum atomic E-state index is 11.6. The molecule has 0 aromatic carbocycles. The van der Waals surface area contributed by atoms with Gasteiger partial charge in [0.1, 0.15) is 10.0 Å². The molecule has 2 aliphatic rings. The third-order valence-electron chi connectivity index (χ3n) is 4.44. The lowest BCUT2D eigenvalue weighted by Crippen LogP contribution is -2.67. The summed E-state index contributed by atoms with van der Waals surface area (Å²) in [6, 6.07) is 0.375. The third kappa shape index (κ3) is 2.59. The van der Waals surface area contributed by atoms with Crippen LogP contribution < -0.4 is 10.6 Å². The third-order valence-corrected chi connectivity index (χ3v) is 5.66. The molecule has 1 atom stereocenters. The Morgan fingerprint density at radius 1 is 1.45 bits per heavy atom. The smallest absolute Gasteiger partial charge is 0.220 e. The predicted molar refractivity (Wildman–Crippen MR) is 78.6 cm³/mol. The van der Waals surface area contributed by atoms with E-state index in [-0.39, 0.29) is 11.4 Å². The highest BCUT2D eigenvalue weighted by atomic mass is 32.1. The van der Waals surface area contributed by atoms with Crippen LogP contribution in [0.4, 0.5) is 0 Å². The summed E-state index contributed by atoms with van der Waals surface area (Å²) in [4.78, 5) is 11.6. The summed E-state index contributed by atoms with van der Waals surface area (Å²) >= 11 is 1.68. The van der Waals surface area contributed by atoms with Crippen molar-refractivity contribution >= 4 is 17.2 Å². The first-order valence-corrected chi connectivity index (χ1v) is 8.27. The highest BCUT2D eigenvalue weighted by molar-refractivity contribution is 7.11. The molecule has 1 amide bonds. The quantitative estimate of drug-likeness (QED) is 0.891. The second-order valence-corrected chi connectivity index (χ2v) is 7.31. The second kappa shape index (κ2) is 5.41. The van der Waals surface area contributed by atoms with Gasteiger partial charge in [0.25, 0.3) is 0 Å². The molecule has 2 N–H and O–H groups in total. The van der Waals surface area contributed by atoms with E-state index in [1.165, 1.54) is 6.42 Å². The molecule has 1 unspecified atom stereocenters. The molecule has 1 spiro atoms. The highest BCUT2D eigenvalue weighted by Crippen LogP contribution is 2.39. The standard InChI is InChI=1S/C14H22N4OS/c1-9(2)13-18-17-12(20-13)8-15-10-4-5-11(19)16-14(10)6-3-7-14/h9-10,15H,3-8H2,1-2H3,(H,16,19). The van der Waals surface area contributed by atoms with E-state index >= 15 is 0 Å². The van der Waals surface area contributed by atoms with Gasteiger partial charge in [0.05, 0.1) is 12.1 Å². The first-order valence-electron chi connectivity index (χ1n) is 7.46. The fourth-order valence-electron chi connectivity index (χ4n) is 3.09. The topological polar surface area (TPSA) is 66.9 Å². The average Bonchev–Trinajstić information content (AvgIpc) is 2.84. The van der Waals surface area contributed by atoms with Crippen LogP contribution in [0, 0.1) is 0 Å². The van der Waals surface area contributed by atoms with Crippen molar-refractivity contribution in [3.63, 3.8) is 0 Å². The lowest BCUT2D eigenvalue weighted by molar-refractivity contribution is -0.128. The summed E-state index contributed by atoms with van der Waals surface area (Å²) < 4.78 is 0. The molecular weight excluding hydrogens is 272 g/mol. The van der Waals surface area contributed by atoms with Crippen LogP contribution in [0.5, 0.6) is 0 Å². The number of aromatic nitrogens is 2.